The molecule has 0 aromatic carbocycles. The minimum atomic E-state index is -0.677. The Morgan fingerprint density at radius 1 is 0.690 bits per heavy atom. The van der Waals surface area contributed by atoms with Crippen LogP contribution in [0.1, 0.15) is 114 Å². The van der Waals surface area contributed by atoms with Crippen LogP contribution >= 0.6 is 0 Å². The van der Waals surface area contributed by atoms with Gasteiger partial charge in [0.25, 0.3) is 0 Å². The van der Waals surface area contributed by atoms with E-state index in [1.807, 2.05) is 0 Å². The van der Waals surface area contributed by atoms with Crippen molar-refractivity contribution in [1.29, 1.82) is 0 Å². The van der Waals surface area contributed by atoms with Crippen molar-refractivity contribution in [1.82, 2.24) is 41.2 Å². The molecule has 162 valence electrons. The number of carboxylic acids is 1. The zero-order valence-corrected chi connectivity index (χ0v) is 17.2. The number of carboxylic acid groups (broad SMARTS) is 1. The summed E-state index contributed by atoms with van der Waals surface area (Å²) in [7, 11) is 0. The minimum absolute atomic E-state index is 0.0587. The maximum absolute atomic E-state index is 10.4. The number of nitrogens with one attached hydrogen (secondary N) is 2. The number of hydrogen-bond donors (Lipinski definition) is 3. The van der Waals surface area contributed by atoms with Crippen LogP contribution in [0.5, 0.6) is 0 Å². The van der Waals surface area contributed by atoms with Crippen molar-refractivity contribution < 1.29 is 9.90 Å². The highest BCUT2D eigenvalue weighted by Gasteiger charge is 2.22. The van der Waals surface area contributed by atoms with Gasteiger partial charge >= 0.3 is 5.97 Å². The van der Waals surface area contributed by atoms with Gasteiger partial charge in [-0.25, -0.2) is 0 Å². The fraction of sp³-hybridized carbons (Fsp3) is 0.842. The summed E-state index contributed by atoms with van der Waals surface area (Å²) in [6, 6.07) is 0. The van der Waals surface area contributed by atoms with Crippen molar-refractivity contribution in [2.24, 2.45) is 0 Å². The third-order valence-corrected chi connectivity index (χ3v) is 5.23. The summed E-state index contributed by atoms with van der Waals surface area (Å²) >= 11 is 0. The third kappa shape index (κ3) is 10.1. The second-order valence-electron chi connectivity index (χ2n) is 7.62. The van der Waals surface area contributed by atoms with Crippen LogP contribution in [0.2, 0.25) is 0 Å². The van der Waals surface area contributed by atoms with E-state index in [0.717, 1.165) is 25.7 Å². The highest BCUT2D eigenvalue weighted by atomic mass is 16.4. The highest BCUT2D eigenvalue weighted by Crippen LogP contribution is 2.24. The monoisotopic (exact) mass is 406 g/mol. The number of H-pyrrole nitrogens is 2. The van der Waals surface area contributed by atoms with Gasteiger partial charge in [-0.2, -0.15) is 10.4 Å². The molecule has 0 aliphatic rings. The van der Waals surface area contributed by atoms with E-state index in [1.165, 1.54) is 64.2 Å². The fourth-order valence-corrected chi connectivity index (χ4v) is 3.58. The quantitative estimate of drug-likeness (QED) is 0.317. The molecular formula is C19H34N8O2. The summed E-state index contributed by atoms with van der Waals surface area (Å²) in [4.78, 5) is 10.4. The zero-order chi connectivity index (χ0) is 20.6. The summed E-state index contributed by atoms with van der Waals surface area (Å²) in [6.45, 7) is 0. The summed E-state index contributed by atoms with van der Waals surface area (Å²) in [5.74, 6) is 0.502. The van der Waals surface area contributed by atoms with E-state index in [4.69, 9.17) is 5.11 Å². The van der Waals surface area contributed by atoms with Crippen molar-refractivity contribution >= 4 is 5.97 Å². The van der Waals surface area contributed by atoms with Crippen molar-refractivity contribution in [2.75, 3.05) is 0 Å². The van der Waals surface area contributed by atoms with Crippen LogP contribution in [0.4, 0.5) is 0 Å². The van der Waals surface area contributed by atoms with Gasteiger partial charge in [0.05, 0.1) is 5.92 Å². The van der Waals surface area contributed by atoms with E-state index < -0.39 is 5.97 Å². The molecule has 0 aliphatic carbocycles. The van der Waals surface area contributed by atoms with Gasteiger partial charge in [0, 0.05) is 6.42 Å². The first-order chi connectivity index (χ1) is 14.3. The summed E-state index contributed by atoms with van der Waals surface area (Å²) in [5.41, 5.74) is 0. The molecule has 0 amide bonds. The zero-order valence-electron chi connectivity index (χ0n) is 17.2. The van der Waals surface area contributed by atoms with Crippen LogP contribution in [0.15, 0.2) is 0 Å². The molecule has 0 aliphatic heterocycles. The average molecular weight is 407 g/mol. The maximum atomic E-state index is 10.4. The van der Waals surface area contributed by atoms with E-state index in [-0.39, 0.29) is 5.92 Å². The highest BCUT2D eigenvalue weighted by molar-refractivity contribution is 5.66. The smallest absolute Gasteiger partial charge is 0.303 e. The van der Waals surface area contributed by atoms with Crippen LogP contribution in [-0.4, -0.2) is 52.3 Å². The molecule has 2 aromatic heterocycles. The average Bonchev–Trinajstić information content (AvgIpc) is 3.42. The summed E-state index contributed by atoms with van der Waals surface area (Å²) in [5, 5.41) is 37.1. The number of unbranched alkanes of at least 4 members (excludes halogenated alkanes) is 12. The number of aromatic nitrogens is 8. The molecule has 0 saturated heterocycles. The predicted octanol–water partition coefficient (Wildman–Crippen LogP) is 3.78. The van der Waals surface area contributed by atoms with Gasteiger partial charge in [-0.05, 0) is 12.8 Å². The molecule has 3 N–H and O–H groups in total. The second kappa shape index (κ2) is 14.6. The largest absolute Gasteiger partial charge is 0.481 e. The Hall–Kier alpha value is -2.39. The second-order valence-corrected chi connectivity index (χ2v) is 7.62. The van der Waals surface area contributed by atoms with Crippen molar-refractivity contribution in [3.05, 3.63) is 11.6 Å². The van der Waals surface area contributed by atoms with E-state index in [9.17, 15) is 4.79 Å². The standard InChI is InChI=1S/C19H34N8O2/c28-17(29)15-13-11-9-7-5-3-1-2-4-6-8-10-12-14-16(18-20-24-25-21-18)19-22-26-27-23-19/h16H,1-15H2,(H,28,29)(H,20,21,24,25)(H,22,23,26,27). The number of tetrazole rings is 2. The Morgan fingerprint density at radius 3 is 1.48 bits per heavy atom. The molecule has 0 spiro atoms. The lowest BCUT2D eigenvalue weighted by Crippen LogP contribution is -2.06. The Balaban J connectivity index is 1.40. The van der Waals surface area contributed by atoms with E-state index in [2.05, 4.69) is 41.2 Å². The molecular weight excluding hydrogens is 372 g/mol. The topological polar surface area (TPSA) is 146 Å². The first kappa shape index (κ1) is 22.9. The molecule has 2 heterocycles. The van der Waals surface area contributed by atoms with Gasteiger partial charge in [-0.1, -0.05) is 87.5 Å². The molecule has 10 nitrogen and oxygen atoms in total. The van der Waals surface area contributed by atoms with Crippen LogP contribution in [0.3, 0.4) is 0 Å². The molecule has 10 heteroatoms. The number of hydrogen-bond acceptors (Lipinski definition) is 7. The molecule has 2 rings (SSSR count). The maximum Gasteiger partial charge on any atom is 0.303 e. The van der Waals surface area contributed by atoms with Crippen LogP contribution < -0.4 is 0 Å². The van der Waals surface area contributed by atoms with Crippen molar-refractivity contribution in [3.8, 4) is 0 Å². The van der Waals surface area contributed by atoms with Gasteiger partial charge in [-0.15, -0.1) is 20.4 Å². The van der Waals surface area contributed by atoms with E-state index in [1.54, 1.807) is 0 Å². The molecule has 2 aromatic rings. The predicted molar refractivity (Wildman–Crippen MR) is 107 cm³/mol. The van der Waals surface area contributed by atoms with Crippen molar-refractivity contribution in [3.63, 3.8) is 0 Å². The Labute approximate surface area is 171 Å². The van der Waals surface area contributed by atoms with E-state index in [0.29, 0.717) is 18.1 Å². The third-order valence-electron chi connectivity index (χ3n) is 5.23. The number of nitrogens with zero attached hydrogens (tertiary/aromatic N) is 6. The SMILES string of the molecule is O=C(O)CCCCCCCCCCCCCCCC(c1nn[nH]n1)c1nn[nH]n1. The lowest BCUT2D eigenvalue weighted by molar-refractivity contribution is -0.137. The lowest BCUT2D eigenvalue weighted by Gasteiger charge is -2.08. The fourth-order valence-electron chi connectivity index (χ4n) is 3.58. The number of carbonyl (C=O) groups is 1. The molecule has 29 heavy (non-hydrogen) atoms. The minimum Gasteiger partial charge on any atom is -0.481 e. The van der Waals surface area contributed by atoms with Gasteiger partial charge in [0.2, 0.25) is 0 Å². The number of aliphatic carboxylic acids is 1. The summed E-state index contributed by atoms with van der Waals surface area (Å²) < 4.78 is 0. The molecule has 0 radical (unpaired) electrons. The van der Waals surface area contributed by atoms with Crippen LogP contribution in [0.25, 0.3) is 0 Å². The molecule has 0 bridgehead atoms. The molecule has 0 unspecified atom stereocenters. The Morgan fingerprint density at radius 2 is 1.10 bits per heavy atom. The van der Waals surface area contributed by atoms with Crippen LogP contribution in [0, 0.1) is 0 Å². The molecule has 0 atom stereocenters. The molecule has 0 saturated carbocycles. The summed E-state index contributed by atoms with van der Waals surface area (Å²) in [6.07, 6.45) is 16.8. The van der Waals surface area contributed by atoms with Gasteiger partial charge in [0.15, 0.2) is 11.6 Å². The Kier molecular flexibility index (Phi) is 11.5. The normalized spacial score (nSPS) is 11.3. The first-order valence-electron chi connectivity index (χ1n) is 11.0. The van der Waals surface area contributed by atoms with Gasteiger partial charge in [-0.3, -0.25) is 4.79 Å². The van der Waals surface area contributed by atoms with Crippen molar-refractivity contribution in [2.45, 2.75) is 102 Å². The van der Waals surface area contributed by atoms with Gasteiger partial charge < -0.3 is 5.11 Å². The lowest BCUT2D eigenvalue weighted by atomic mass is 9.98. The first-order valence-corrected chi connectivity index (χ1v) is 11.0. The van der Waals surface area contributed by atoms with Crippen LogP contribution in [-0.2, 0) is 4.79 Å². The molecule has 0 fully saturated rings. The van der Waals surface area contributed by atoms with Gasteiger partial charge in [0.1, 0.15) is 0 Å². The van der Waals surface area contributed by atoms with E-state index >= 15 is 0 Å². The Bertz CT molecular complexity index is 598. The number of rotatable bonds is 18. The number of aromatic amines is 2.